The molecule has 0 saturated carbocycles. The minimum Gasteiger partial charge on any atom is -0.496 e. The lowest BCUT2D eigenvalue weighted by Gasteiger charge is -2.36. The van der Waals surface area contributed by atoms with Crippen LogP contribution in [0.2, 0.25) is 0 Å². The van der Waals surface area contributed by atoms with Crippen LogP contribution in [-0.4, -0.2) is 68.3 Å². The SMILES string of the molecule is CC1=C(C(=O)Nc2ccc(C(=O)NCCN3CCN(c4ccccc4F)CC3)cc2)SCCO1. The lowest BCUT2D eigenvalue weighted by atomic mass is 10.2. The number of hydrogen-bond donors (Lipinski definition) is 2. The summed E-state index contributed by atoms with van der Waals surface area (Å²) in [6, 6.07) is 13.7. The molecule has 0 aromatic heterocycles. The molecule has 0 bridgehead atoms. The zero-order valence-corrected chi connectivity index (χ0v) is 20.0. The summed E-state index contributed by atoms with van der Waals surface area (Å²) in [4.78, 5) is 29.8. The first kappa shape index (κ1) is 24.1. The van der Waals surface area contributed by atoms with Crippen LogP contribution in [0.15, 0.2) is 59.2 Å². The zero-order chi connectivity index (χ0) is 23.9. The molecule has 0 unspecified atom stereocenters. The molecule has 2 aliphatic heterocycles. The van der Waals surface area contributed by atoms with Gasteiger partial charge in [-0.15, -0.1) is 11.8 Å². The van der Waals surface area contributed by atoms with E-state index in [-0.39, 0.29) is 17.6 Å². The molecular formula is C25H29FN4O3S. The van der Waals surface area contributed by atoms with Crippen molar-refractivity contribution in [2.45, 2.75) is 6.92 Å². The summed E-state index contributed by atoms with van der Waals surface area (Å²) in [6.07, 6.45) is 0. The number of allylic oxidation sites excluding steroid dienone is 1. The highest BCUT2D eigenvalue weighted by Gasteiger charge is 2.20. The van der Waals surface area contributed by atoms with Crippen LogP contribution in [0, 0.1) is 5.82 Å². The Kier molecular flexibility index (Phi) is 8.08. The Morgan fingerprint density at radius 3 is 2.47 bits per heavy atom. The minimum atomic E-state index is -0.200. The number of piperazine rings is 1. The molecular weight excluding hydrogens is 455 g/mol. The molecule has 2 heterocycles. The van der Waals surface area contributed by atoms with E-state index in [0.29, 0.717) is 40.8 Å². The van der Waals surface area contributed by atoms with Gasteiger partial charge >= 0.3 is 0 Å². The first-order valence-electron chi connectivity index (χ1n) is 11.4. The summed E-state index contributed by atoms with van der Waals surface area (Å²) in [6.45, 7) is 6.81. The maximum atomic E-state index is 14.0. The molecule has 2 aliphatic rings. The standard InChI is InChI=1S/C25H29FN4O3S/c1-18-23(34-17-16-33-18)25(32)28-20-8-6-19(7-9-20)24(31)27-10-11-29-12-14-30(15-13-29)22-5-3-2-4-21(22)26/h2-9H,10-17H2,1H3,(H,27,31)(H,28,32). The largest absolute Gasteiger partial charge is 0.496 e. The Labute approximate surface area is 203 Å². The van der Waals surface area contributed by atoms with Gasteiger partial charge in [0.25, 0.3) is 11.8 Å². The highest BCUT2D eigenvalue weighted by Crippen LogP contribution is 2.26. The minimum absolute atomic E-state index is 0.155. The van der Waals surface area contributed by atoms with Gasteiger partial charge in [-0.3, -0.25) is 14.5 Å². The van der Waals surface area contributed by atoms with Crippen molar-refractivity contribution in [1.29, 1.82) is 0 Å². The quantitative estimate of drug-likeness (QED) is 0.628. The van der Waals surface area contributed by atoms with Gasteiger partial charge in [0.15, 0.2) is 0 Å². The molecule has 1 saturated heterocycles. The number of anilines is 2. The van der Waals surface area contributed by atoms with Crippen molar-refractivity contribution >= 4 is 35.0 Å². The van der Waals surface area contributed by atoms with Crippen LogP contribution >= 0.6 is 11.8 Å². The number of carbonyl (C=O) groups is 2. The molecule has 0 atom stereocenters. The lowest BCUT2D eigenvalue weighted by molar-refractivity contribution is -0.112. The number of thioether (sulfide) groups is 1. The normalized spacial score (nSPS) is 16.7. The highest BCUT2D eigenvalue weighted by atomic mass is 32.2. The zero-order valence-electron chi connectivity index (χ0n) is 19.2. The highest BCUT2D eigenvalue weighted by molar-refractivity contribution is 8.04. The fraction of sp³-hybridized carbons (Fsp3) is 0.360. The molecule has 2 N–H and O–H groups in total. The smallest absolute Gasteiger partial charge is 0.265 e. The number of benzene rings is 2. The van der Waals surface area contributed by atoms with Crippen molar-refractivity contribution in [2.24, 2.45) is 0 Å². The molecule has 2 amide bonds. The summed E-state index contributed by atoms with van der Waals surface area (Å²) in [7, 11) is 0. The fourth-order valence-corrected chi connectivity index (χ4v) is 4.79. The van der Waals surface area contributed by atoms with Crippen molar-refractivity contribution in [3.63, 3.8) is 0 Å². The molecule has 2 aromatic carbocycles. The third-order valence-electron chi connectivity index (χ3n) is 5.86. The molecule has 0 radical (unpaired) electrons. The number of nitrogens with zero attached hydrogens (tertiary/aromatic N) is 2. The van der Waals surface area contributed by atoms with Crippen molar-refractivity contribution in [3.05, 3.63) is 70.6 Å². The number of ether oxygens (including phenoxy) is 1. The molecule has 34 heavy (non-hydrogen) atoms. The average Bonchev–Trinajstić information content (AvgIpc) is 2.85. The summed E-state index contributed by atoms with van der Waals surface area (Å²) in [5.74, 6) is 0.842. The molecule has 9 heteroatoms. The predicted molar refractivity (Wildman–Crippen MR) is 134 cm³/mol. The van der Waals surface area contributed by atoms with E-state index in [1.165, 1.54) is 17.8 Å². The van der Waals surface area contributed by atoms with E-state index in [4.69, 9.17) is 4.74 Å². The summed E-state index contributed by atoms with van der Waals surface area (Å²) in [5.41, 5.74) is 1.81. The number of carbonyl (C=O) groups excluding carboxylic acids is 2. The van der Waals surface area contributed by atoms with Gasteiger partial charge in [-0.05, 0) is 43.3 Å². The van der Waals surface area contributed by atoms with E-state index in [1.54, 1.807) is 37.3 Å². The van der Waals surface area contributed by atoms with Crippen molar-refractivity contribution in [1.82, 2.24) is 10.2 Å². The molecule has 4 rings (SSSR count). The van der Waals surface area contributed by atoms with Gasteiger partial charge in [-0.25, -0.2) is 4.39 Å². The topological polar surface area (TPSA) is 73.9 Å². The van der Waals surface area contributed by atoms with Gasteiger partial charge in [0.1, 0.15) is 16.5 Å². The average molecular weight is 485 g/mol. The first-order valence-corrected chi connectivity index (χ1v) is 12.4. The second-order valence-corrected chi connectivity index (χ2v) is 9.25. The van der Waals surface area contributed by atoms with Gasteiger partial charge in [-0.1, -0.05) is 12.1 Å². The number of halogens is 1. The van der Waals surface area contributed by atoms with E-state index in [0.717, 1.165) is 38.5 Å². The van der Waals surface area contributed by atoms with E-state index in [9.17, 15) is 14.0 Å². The summed E-state index contributed by atoms with van der Waals surface area (Å²) >= 11 is 1.48. The van der Waals surface area contributed by atoms with Gasteiger partial charge in [0.2, 0.25) is 0 Å². The molecule has 180 valence electrons. The van der Waals surface area contributed by atoms with Crippen molar-refractivity contribution < 1.29 is 18.7 Å². The van der Waals surface area contributed by atoms with Crippen LogP contribution in [-0.2, 0) is 9.53 Å². The Morgan fingerprint density at radius 1 is 1.03 bits per heavy atom. The van der Waals surface area contributed by atoms with Crippen LogP contribution < -0.4 is 15.5 Å². The van der Waals surface area contributed by atoms with E-state index >= 15 is 0 Å². The molecule has 0 spiro atoms. The Balaban J connectivity index is 1.20. The monoisotopic (exact) mass is 484 g/mol. The molecule has 7 nitrogen and oxygen atoms in total. The van der Waals surface area contributed by atoms with E-state index in [2.05, 4.69) is 20.4 Å². The van der Waals surface area contributed by atoms with E-state index < -0.39 is 0 Å². The number of hydrogen-bond acceptors (Lipinski definition) is 6. The van der Waals surface area contributed by atoms with Crippen LogP contribution in [0.1, 0.15) is 17.3 Å². The Morgan fingerprint density at radius 2 is 1.76 bits per heavy atom. The summed E-state index contributed by atoms with van der Waals surface area (Å²) in [5, 5.41) is 5.80. The van der Waals surface area contributed by atoms with Crippen LogP contribution in [0.25, 0.3) is 0 Å². The number of amides is 2. The Hall–Kier alpha value is -3.04. The van der Waals surface area contributed by atoms with Gasteiger partial charge in [0.05, 0.1) is 12.3 Å². The maximum absolute atomic E-state index is 14.0. The second-order valence-electron chi connectivity index (χ2n) is 8.15. The third-order valence-corrected chi connectivity index (χ3v) is 6.99. The fourth-order valence-electron chi connectivity index (χ4n) is 3.97. The molecule has 2 aromatic rings. The van der Waals surface area contributed by atoms with Crippen molar-refractivity contribution in [3.8, 4) is 0 Å². The third kappa shape index (κ3) is 6.09. The van der Waals surface area contributed by atoms with Crippen molar-refractivity contribution in [2.75, 3.05) is 61.8 Å². The first-order chi connectivity index (χ1) is 16.5. The Bertz CT molecular complexity index is 1050. The molecule has 0 aliphatic carbocycles. The molecule has 1 fully saturated rings. The van der Waals surface area contributed by atoms with Crippen LogP contribution in [0.4, 0.5) is 15.8 Å². The van der Waals surface area contributed by atoms with Gasteiger partial charge in [-0.2, -0.15) is 0 Å². The summed E-state index contributed by atoms with van der Waals surface area (Å²) < 4.78 is 19.4. The van der Waals surface area contributed by atoms with Crippen LogP contribution in [0.5, 0.6) is 0 Å². The second kappa shape index (κ2) is 11.4. The number of para-hydroxylation sites is 1. The number of nitrogens with one attached hydrogen (secondary N) is 2. The number of rotatable bonds is 7. The lowest BCUT2D eigenvalue weighted by Crippen LogP contribution is -2.48. The maximum Gasteiger partial charge on any atom is 0.265 e. The van der Waals surface area contributed by atoms with E-state index in [1.807, 2.05) is 12.1 Å². The van der Waals surface area contributed by atoms with Crippen LogP contribution in [0.3, 0.4) is 0 Å². The van der Waals surface area contributed by atoms with Gasteiger partial charge in [0, 0.05) is 56.3 Å². The predicted octanol–water partition coefficient (Wildman–Crippen LogP) is 3.31. The van der Waals surface area contributed by atoms with Gasteiger partial charge < -0.3 is 20.3 Å².